The van der Waals surface area contributed by atoms with Gasteiger partial charge in [0.15, 0.2) is 5.88 Å². The van der Waals surface area contributed by atoms with Crippen molar-refractivity contribution >= 4 is 28.2 Å². The molecule has 0 bridgehead atoms. The van der Waals surface area contributed by atoms with E-state index in [1.807, 2.05) is 67.6 Å². The molecule has 0 atom stereocenters. The average molecular weight is 480 g/mol. The highest BCUT2D eigenvalue weighted by atomic mass is 16.3. The van der Waals surface area contributed by atoms with Crippen LogP contribution in [-0.4, -0.2) is 53.9 Å². The quantitative estimate of drug-likeness (QED) is 0.212. The lowest BCUT2D eigenvalue weighted by molar-refractivity contribution is -0.884. The molecule has 0 aliphatic rings. The van der Waals surface area contributed by atoms with Gasteiger partial charge >= 0.3 is 0 Å². The summed E-state index contributed by atoms with van der Waals surface area (Å²) in [5.74, 6) is 5.17. The Labute approximate surface area is 211 Å². The van der Waals surface area contributed by atoms with E-state index in [4.69, 9.17) is 4.99 Å². The number of nitrogens with zero attached hydrogens (tertiary/aromatic N) is 2. The van der Waals surface area contributed by atoms with E-state index in [2.05, 4.69) is 55.4 Å². The minimum Gasteiger partial charge on any atom is -0.494 e. The number of nitrogens with one attached hydrogen (secondary N) is 2. The number of aromatic hydroxyl groups is 1. The van der Waals surface area contributed by atoms with E-state index in [1.54, 1.807) is 0 Å². The highest BCUT2D eigenvalue weighted by molar-refractivity contribution is 6.22. The smallest absolute Gasteiger partial charge is 0.296 e. The first-order valence-corrected chi connectivity index (χ1v) is 11.9. The van der Waals surface area contributed by atoms with Gasteiger partial charge in [0, 0.05) is 34.5 Å². The maximum atomic E-state index is 11.7. The van der Waals surface area contributed by atoms with Gasteiger partial charge in [0.1, 0.15) is 6.54 Å². The lowest BCUT2D eigenvalue weighted by Gasteiger charge is -2.23. The summed E-state index contributed by atoms with van der Waals surface area (Å²) in [5, 5.41) is 14.4. The Morgan fingerprint density at radius 2 is 1.75 bits per heavy atom. The van der Waals surface area contributed by atoms with Gasteiger partial charge in [-0.1, -0.05) is 54.5 Å². The number of carbonyl (C=O) groups excluding carboxylic acids is 1. The molecule has 0 aliphatic heterocycles. The Bertz CT molecular complexity index is 1470. The molecular formula is C30H31N4O2+. The predicted octanol–water partition coefficient (Wildman–Crippen LogP) is 4.74. The summed E-state index contributed by atoms with van der Waals surface area (Å²) in [6, 6.07) is 23.6. The van der Waals surface area contributed by atoms with Crippen molar-refractivity contribution in [3.05, 3.63) is 95.1 Å². The first-order chi connectivity index (χ1) is 17.2. The van der Waals surface area contributed by atoms with Gasteiger partial charge in [-0.15, -0.1) is 0 Å². The van der Waals surface area contributed by atoms with Crippen LogP contribution in [0.4, 0.5) is 5.69 Å². The van der Waals surface area contributed by atoms with Crippen molar-refractivity contribution in [2.45, 2.75) is 13.5 Å². The average Bonchev–Trinajstić information content (AvgIpc) is 3.17. The molecule has 0 spiro atoms. The Morgan fingerprint density at radius 1 is 1.03 bits per heavy atom. The fourth-order valence-corrected chi connectivity index (χ4v) is 4.05. The number of hydrogen-bond acceptors (Lipinski definition) is 3. The Kier molecular flexibility index (Phi) is 7.23. The zero-order valence-electron chi connectivity index (χ0n) is 21.1. The molecular weight excluding hydrogens is 448 g/mol. The lowest BCUT2D eigenvalue weighted by Crippen LogP contribution is -2.33. The fraction of sp³-hybridized carbons (Fsp3) is 0.200. The second-order valence-electron chi connectivity index (χ2n) is 9.66. The number of carbonyl (C=O) groups is 1. The molecule has 36 heavy (non-hydrogen) atoms. The molecule has 3 aromatic carbocycles. The Morgan fingerprint density at radius 3 is 2.42 bits per heavy atom. The van der Waals surface area contributed by atoms with Crippen LogP contribution in [0.15, 0.2) is 77.8 Å². The van der Waals surface area contributed by atoms with E-state index in [1.165, 1.54) is 5.56 Å². The highest BCUT2D eigenvalue weighted by Gasteiger charge is 2.19. The molecule has 1 aromatic heterocycles. The lowest BCUT2D eigenvalue weighted by atomic mass is 10.00. The summed E-state index contributed by atoms with van der Waals surface area (Å²) in [6.45, 7) is 3.30. The number of rotatable bonds is 6. The standard InChI is InChI=1S/C30H30N4O2/c1-5-31-27(35)18-14-21-13-17-25-26(19-21)33-30(36)28(25)29(23-9-7-6-8-10-23)32-24-15-11-22(12-16-24)20-34(2,3)4/h6-13,15-17,19H,5,20H2,1-4H3,(H2-,31,32,33,35,36)/p+1. The maximum absolute atomic E-state index is 11.7. The molecule has 3 N–H and O–H groups in total. The van der Waals surface area contributed by atoms with E-state index in [-0.39, 0.29) is 11.8 Å². The summed E-state index contributed by atoms with van der Waals surface area (Å²) >= 11 is 0. The number of H-pyrrole nitrogens is 1. The Hall–Kier alpha value is -4.34. The van der Waals surface area contributed by atoms with Crippen LogP contribution >= 0.6 is 0 Å². The monoisotopic (exact) mass is 479 g/mol. The van der Waals surface area contributed by atoms with Crippen LogP contribution in [-0.2, 0) is 11.3 Å². The molecule has 0 aliphatic carbocycles. The molecule has 0 unspecified atom stereocenters. The van der Waals surface area contributed by atoms with Gasteiger partial charge in [-0.25, -0.2) is 4.99 Å². The molecule has 0 radical (unpaired) electrons. The number of quaternary nitrogens is 1. The summed E-state index contributed by atoms with van der Waals surface area (Å²) < 4.78 is 0.844. The summed E-state index contributed by atoms with van der Waals surface area (Å²) in [4.78, 5) is 19.7. The fourth-order valence-electron chi connectivity index (χ4n) is 4.05. The number of benzene rings is 3. The van der Waals surface area contributed by atoms with Crippen LogP contribution in [0.5, 0.6) is 5.88 Å². The van der Waals surface area contributed by atoms with Crippen LogP contribution in [0.2, 0.25) is 0 Å². The van der Waals surface area contributed by atoms with Crippen molar-refractivity contribution < 1.29 is 14.4 Å². The third-order valence-electron chi connectivity index (χ3n) is 5.55. The normalized spacial score (nSPS) is 11.7. The zero-order chi connectivity index (χ0) is 25.7. The highest BCUT2D eigenvalue weighted by Crippen LogP contribution is 2.32. The predicted molar refractivity (Wildman–Crippen MR) is 145 cm³/mol. The van der Waals surface area contributed by atoms with Gasteiger partial charge in [0.2, 0.25) is 0 Å². The zero-order valence-corrected chi connectivity index (χ0v) is 21.1. The molecule has 6 nitrogen and oxygen atoms in total. The second kappa shape index (κ2) is 10.5. The van der Waals surface area contributed by atoms with Crippen molar-refractivity contribution in [2.24, 2.45) is 4.99 Å². The van der Waals surface area contributed by atoms with Gasteiger partial charge in [-0.2, -0.15) is 0 Å². The van der Waals surface area contributed by atoms with Gasteiger partial charge < -0.3 is 19.9 Å². The minimum absolute atomic E-state index is 0.0306. The van der Waals surface area contributed by atoms with Crippen molar-refractivity contribution in [1.29, 1.82) is 0 Å². The number of hydrogen-bond donors (Lipinski definition) is 3. The van der Waals surface area contributed by atoms with E-state index in [9.17, 15) is 9.90 Å². The SMILES string of the molecule is CCNC(=O)C#Cc1ccc2c(C(=Nc3ccc(C[N+](C)(C)C)cc3)c3ccccc3)c(O)[nH]c2c1. The van der Waals surface area contributed by atoms with Gasteiger partial charge in [-0.3, -0.25) is 4.79 Å². The number of amides is 1. The van der Waals surface area contributed by atoms with Crippen molar-refractivity contribution in [1.82, 2.24) is 10.3 Å². The van der Waals surface area contributed by atoms with Gasteiger partial charge in [0.05, 0.1) is 43.6 Å². The molecule has 0 saturated carbocycles. The van der Waals surface area contributed by atoms with Gasteiger partial charge in [0.25, 0.3) is 5.91 Å². The van der Waals surface area contributed by atoms with Crippen molar-refractivity contribution in [3.8, 4) is 17.7 Å². The number of fused-ring (bicyclic) bond motifs is 1. The van der Waals surface area contributed by atoms with E-state index in [0.717, 1.165) is 27.7 Å². The van der Waals surface area contributed by atoms with Gasteiger partial charge in [-0.05, 0) is 31.2 Å². The molecule has 0 saturated heterocycles. The topological polar surface area (TPSA) is 77.5 Å². The summed E-state index contributed by atoms with van der Waals surface area (Å²) in [7, 11) is 6.49. The first kappa shape index (κ1) is 24.8. The summed E-state index contributed by atoms with van der Waals surface area (Å²) in [5.41, 5.74) is 5.61. The third kappa shape index (κ3) is 6.01. The van der Waals surface area contributed by atoms with Crippen molar-refractivity contribution in [3.63, 3.8) is 0 Å². The van der Waals surface area contributed by atoms with E-state index < -0.39 is 0 Å². The molecule has 4 rings (SSSR count). The largest absolute Gasteiger partial charge is 0.494 e. The van der Waals surface area contributed by atoms with Crippen molar-refractivity contribution in [2.75, 3.05) is 27.7 Å². The molecule has 6 heteroatoms. The van der Waals surface area contributed by atoms with Crippen LogP contribution in [0.25, 0.3) is 10.9 Å². The number of aliphatic imine (C=N–C) groups is 1. The van der Waals surface area contributed by atoms with Crippen LogP contribution in [0, 0.1) is 11.8 Å². The van der Waals surface area contributed by atoms with E-state index >= 15 is 0 Å². The molecule has 1 amide bonds. The third-order valence-corrected chi connectivity index (χ3v) is 5.55. The minimum atomic E-state index is -0.321. The van der Waals surface area contributed by atoms with Crippen LogP contribution < -0.4 is 5.32 Å². The number of aromatic amines is 1. The van der Waals surface area contributed by atoms with E-state index in [0.29, 0.717) is 28.9 Å². The second-order valence-corrected chi connectivity index (χ2v) is 9.66. The molecule has 182 valence electrons. The summed E-state index contributed by atoms with van der Waals surface area (Å²) in [6.07, 6.45) is 0. The molecule has 0 fully saturated rings. The maximum Gasteiger partial charge on any atom is 0.296 e. The first-order valence-electron chi connectivity index (χ1n) is 11.9. The molecule has 4 aromatic rings. The molecule has 1 heterocycles. The number of aromatic nitrogens is 1. The van der Waals surface area contributed by atoms with Crippen LogP contribution in [0.1, 0.15) is 29.2 Å². The van der Waals surface area contributed by atoms with Crippen LogP contribution in [0.3, 0.4) is 0 Å². The Balaban J connectivity index is 1.77.